The van der Waals surface area contributed by atoms with Crippen LogP contribution in [0.2, 0.25) is 0 Å². The summed E-state index contributed by atoms with van der Waals surface area (Å²) in [4.78, 5) is -2.76. The van der Waals surface area contributed by atoms with Crippen LogP contribution in [-0.2, 0) is 0 Å². The van der Waals surface area contributed by atoms with Crippen molar-refractivity contribution in [2.75, 3.05) is 0 Å². The molecule has 0 aromatic heterocycles. The molecule has 0 spiro atoms. The molecule has 0 fully saturated rings. The minimum Gasteiger partial charge on any atom is -0.223 e. The smallest absolute Gasteiger partial charge is 0.223 e. The van der Waals surface area contributed by atoms with Crippen LogP contribution >= 0.6 is 46.4 Å². The Kier molecular flexibility index (Phi) is 8.13. The van der Waals surface area contributed by atoms with Gasteiger partial charge in [0.2, 0.25) is 5.63 Å². The van der Waals surface area contributed by atoms with E-state index in [0.29, 0.717) is 0 Å². The second-order valence-electron chi connectivity index (χ2n) is 2.84. The Bertz CT molecular complexity index is 263. The zero-order chi connectivity index (χ0) is 17.2. The van der Waals surface area contributed by atoms with Crippen LogP contribution < -0.4 is 0 Å². The normalized spacial score (nSPS) is 15.8. The van der Waals surface area contributed by atoms with Crippen LogP contribution in [0, 0.1) is 0 Å². The molecule has 0 bridgehead atoms. The van der Waals surface area contributed by atoms with Gasteiger partial charge in [0.15, 0.2) is 4.84 Å². The lowest BCUT2D eigenvalue weighted by Gasteiger charge is -2.20. The molecule has 20 heavy (non-hydrogen) atoms. The Morgan fingerprint density at radius 3 is 0.950 bits per heavy atom. The summed E-state index contributed by atoms with van der Waals surface area (Å²) in [6.07, 6.45) is -5.68. The Morgan fingerprint density at radius 1 is 0.650 bits per heavy atom. The largest absolute Gasteiger partial charge is 0.456 e. The molecule has 0 aromatic rings. The monoisotopic (exact) mass is 404 g/mol. The maximum Gasteiger partial charge on any atom is 0.456 e. The first-order valence-electron chi connectivity index (χ1n) is 3.84. The average Bonchev–Trinajstić information content (AvgIpc) is 2.14. The molecule has 0 aromatic carbocycles. The van der Waals surface area contributed by atoms with Crippen LogP contribution in [0.25, 0.3) is 0 Å². The molecule has 0 heterocycles. The van der Waals surface area contributed by atoms with Crippen molar-refractivity contribution in [2.24, 2.45) is 0 Å². The molecular formula is C6H2Cl4F10. The topological polar surface area (TPSA) is 0 Å². The van der Waals surface area contributed by atoms with E-state index in [1.54, 1.807) is 0 Å². The lowest BCUT2D eigenvalue weighted by atomic mass is 10.4. The van der Waals surface area contributed by atoms with E-state index in [0.717, 1.165) is 0 Å². The van der Waals surface area contributed by atoms with E-state index in [-0.39, 0.29) is 0 Å². The van der Waals surface area contributed by atoms with Crippen LogP contribution in [-0.4, -0.2) is 33.9 Å². The summed E-state index contributed by atoms with van der Waals surface area (Å²) in [6.45, 7) is 0. The second-order valence-corrected chi connectivity index (χ2v) is 4.80. The van der Waals surface area contributed by atoms with Crippen molar-refractivity contribution in [2.45, 2.75) is 33.9 Å². The fraction of sp³-hybridized carbons (Fsp3) is 1.00. The van der Waals surface area contributed by atoms with Crippen molar-refractivity contribution in [3.05, 3.63) is 0 Å². The Labute approximate surface area is 124 Å². The van der Waals surface area contributed by atoms with Gasteiger partial charge in [-0.1, -0.05) is 34.8 Å². The molecule has 0 saturated heterocycles. The van der Waals surface area contributed by atoms with E-state index < -0.39 is 33.9 Å². The first-order valence-corrected chi connectivity index (χ1v) is 5.53. The predicted molar refractivity (Wildman–Crippen MR) is 53.0 cm³/mol. The lowest BCUT2D eigenvalue weighted by Crippen LogP contribution is -2.41. The van der Waals surface area contributed by atoms with Crippen LogP contribution in [0.3, 0.4) is 0 Å². The van der Waals surface area contributed by atoms with E-state index in [1.165, 1.54) is 0 Å². The minimum atomic E-state index is -5.68. The molecule has 0 nitrogen and oxygen atoms in total. The molecule has 0 N–H and O–H groups in total. The van der Waals surface area contributed by atoms with E-state index in [1.807, 2.05) is 0 Å². The van der Waals surface area contributed by atoms with Crippen molar-refractivity contribution < 1.29 is 43.9 Å². The van der Waals surface area contributed by atoms with Crippen molar-refractivity contribution in [3.63, 3.8) is 0 Å². The number of alkyl halides is 14. The fourth-order valence-corrected chi connectivity index (χ4v) is 0.784. The standard InChI is InChI=1S/2C3HCl2F5/c4-1(6)2(7,8)3(5,9)10;4-1(5)2(6,7)3(8,9)10/h2*1H. The predicted octanol–water partition coefficient (Wildman–Crippen LogP) is 5.98. The van der Waals surface area contributed by atoms with Gasteiger partial charge < -0.3 is 0 Å². The number of rotatable bonds is 3. The highest BCUT2D eigenvalue weighted by Gasteiger charge is 2.62. The van der Waals surface area contributed by atoms with Crippen molar-refractivity contribution >= 4 is 46.4 Å². The number of hydrogen-bond donors (Lipinski definition) is 0. The number of hydrogen-bond acceptors (Lipinski definition) is 0. The maximum absolute atomic E-state index is 11.7. The van der Waals surface area contributed by atoms with Gasteiger partial charge in [0, 0.05) is 0 Å². The van der Waals surface area contributed by atoms with Crippen molar-refractivity contribution in [1.82, 2.24) is 0 Å². The Hall–Kier alpha value is 0.460. The quantitative estimate of drug-likeness (QED) is 0.400. The molecular weight excluding hydrogens is 404 g/mol. The SMILES string of the molecule is FC(Cl)C(F)(F)C(F)(F)Cl.FC(F)(F)C(F)(F)C(Cl)Cl. The third-order valence-electron chi connectivity index (χ3n) is 1.30. The summed E-state index contributed by atoms with van der Waals surface area (Å²) in [5, 5.41) is -4.95. The van der Waals surface area contributed by atoms with Gasteiger partial charge in [0.05, 0.1) is 0 Å². The first kappa shape index (κ1) is 22.7. The highest BCUT2D eigenvalue weighted by molar-refractivity contribution is 6.45. The summed E-state index contributed by atoms with van der Waals surface area (Å²) in [7, 11) is 0. The third-order valence-corrected chi connectivity index (χ3v) is 2.38. The van der Waals surface area contributed by atoms with E-state index >= 15 is 0 Å². The highest BCUT2D eigenvalue weighted by atomic mass is 35.5. The summed E-state index contributed by atoms with van der Waals surface area (Å²) >= 11 is 16.6. The Morgan fingerprint density at radius 2 is 0.950 bits per heavy atom. The van der Waals surface area contributed by atoms with Gasteiger partial charge in [-0.05, 0) is 11.6 Å². The van der Waals surface area contributed by atoms with Gasteiger partial charge >= 0.3 is 23.4 Å². The zero-order valence-electron chi connectivity index (χ0n) is 8.45. The fourth-order valence-electron chi connectivity index (χ4n) is 0.247. The summed E-state index contributed by atoms with van der Waals surface area (Å²) in [5.41, 5.74) is -3.49. The van der Waals surface area contributed by atoms with Crippen molar-refractivity contribution in [1.29, 1.82) is 0 Å². The molecule has 0 radical (unpaired) electrons. The van der Waals surface area contributed by atoms with Crippen LogP contribution in [0.15, 0.2) is 0 Å². The molecule has 14 heteroatoms. The zero-order valence-corrected chi connectivity index (χ0v) is 11.5. The summed E-state index contributed by atoms with van der Waals surface area (Å²) in [6, 6.07) is 0. The van der Waals surface area contributed by atoms with Crippen LogP contribution in [0.4, 0.5) is 43.9 Å². The summed E-state index contributed by atoms with van der Waals surface area (Å²) in [5.74, 6) is -10.1. The maximum atomic E-state index is 11.7. The van der Waals surface area contributed by atoms with Gasteiger partial charge in [-0.3, -0.25) is 0 Å². The first-order chi connectivity index (χ1) is 8.39. The molecule has 124 valence electrons. The molecule has 1 unspecified atom stereocenters. The van der Waals surface area contributed by atoms with E-state index in [4.69, 9.17) is 0 Å². The van der Waals surface area contributed by atoms with Gasteiger partial charge in [0.1, 0.15) is 0 Å². The van der Waals surface area contributed by atoms with Gasteiger partial charge in [0.25, 0.3) is 0 Å². The van der Waals surface area contributed by atoms with Gasteiger partial charge in [-0.25, -0.2) is 4.39 Å². The van der Waals surface area contributed by atoms with Crippen molar-refractivity contribution in [3.8, 4) is 0 Å². The summed E-state index contributed by atoms with van der Waals surface area (Å²) < 4.78 is 114. The lowest BCUT2D eigenvalue weighted by molar-refractivity contribution is -0.275. The minimum absolute atomic E-state index is 2.76. The van der Waals surface area contributed by atoms with Gasteiger partial charge in [-0.15, -0.1) is 0 Å². The van der Waals surface area contributed by atoms with Crippen LogP contribution in [0.1, 0.15) is 0 Å². The van der Waals surface area contributed by atoms with E-state index in [9.17, 15) is 43.9 Å². The van der Waals surface area contributed by atoms with Gasteiger partial charge in [-0.2, -0.15) is 39.5 Å². The average molecular weight is 406 g/mol. The molecule has 0 aliphatic rings. The molecule has 0 aliphatic carbocycles. The molecule has 0 rings (SSSR count). The van der Waals surface area contributed by atoms with Crippen LogP contribution in [0.5, 0.6) is 0 Å². The van der Waals surface area contributed by atoms with E-state index in [2.05, 4.69) is 46.4 Å². The molecule has 0 saturated carbocycles. The molecule has 0 amide bonds. The molecule has 1 atom stereocenters. The second kappa shape index (κ2) is 7.15. The molecule has 0 aliphatic heterocycles. The number of halogens is 14. The third kappa shape index (κ3) is 6.07. The Balaban J connectivity index is 0. The highest BCUT2D eigenvalue weighted by Crippen LogP contribution is 2.42.